The van der Waals surface area contributed by atoms with Crippen LogP contribution in [0.1, 0.15) is 31.7 Å². The summed E-state index contributed by atoms with van der Waals surface area (Å²) in [4.78, 5) is 12.1. The number of nitrogens with two attached hydrogens (primary N) is 1. The average Bonchev–Trinajstić information content (AvgIpc) is 3.07. The molecule has 3 N–H and O–H groups in total. The van der Waals surface area contributed by atoms with Gasteiger partial charge in [-0.15, -0.1) is 0 Å². The van der Waals surface area contributed by atoms with Gasteiger partial charge in [-0.05, 0) is 49.9 Å². The van der Waals surface area contributed by atoms with Crippen LogP contribution in [0.3, 0.4) is 0 Å². The summed E-state index contributed by atoms with van der Waals surface area (Å²) in [5.41, 5.74) is 6.28. The Labute approximate surface area is 123 Å². The number of nitrogens with one attached hydrogen (secondary N) is 1. The van der Waals surface area contributed by atoms with Crippen LogP contribution in [0.25, 0.3) is 0 Å². The fourth-order valence-electron chi connectivity index (χ4n) is 2.12. The lowest BCUT2D eigenvalue weighted by atomic mass is 10.0. The number of rotatable bonds is 4. The first-order valence-electron chi connectivity index (χ1n) is 6.30. The van der Waals surface area contributed by atoms with E-state index in [9.17, 15) is 4.79 Å². The number of amides is 1. The van der Waals surface area contributed by atoms with E-state index in [1.54, 1.807) is 6.07 Å². The van der Waals surface area contributed by atoms with Gasteiger partial charge in [0.2, 0.25) is 5.91 Å². The van der Waals surface area contributed by atoms with Gasteiger partial charge in [0.1, 0.15) is 0 Å². The molecule has 1 aliphatic rings. The average molecular weight is 301 g/mol. The van der Waals surface area contributed by atoms with Crippen LogP contribution in [0.15, 0.2) is 18.2 Å². The topological polar surface area (TPSA) is 55.1 Å². The van der Waals surface area contributed by atoms with Gasteiger partial charge >= 0.3 is 0 Å². The highest BCUT2D eigenvalue weighted by Gasteiger charge is 2.45. The molecule has 0 bridgehead atoms. The number of benzene rings is 1. The standard InChI is InChI=1S/C14H18Cl2N2O/c1-14(2,7-17)18-13(19)12-6-11(12)8-3-9(15)5-10(16)4-8/h3-5,11-12H,6-7,17H2,1-2H3,(H,18,19). The minimum atomic E-state index is -0.365. The summed E-state index contributed by atoms with van der Waals surface area (Å²) >= 11 is 12.0. The van der Waals surface area contributed by atoms with Crippen LogP contribution >= 0.6 is 23.2 Å². The van der Waals surface area contributed by atoms with E-state index >= 15 is 0 Å². The minimum absolute atomic E-state index is 0.000332. The third kappa shape index (κ3) is 3.62. The number of hydrogen-bond donors (Lipinski definition) is 2. The first kappa shape index (κ1) is 14.6. The Balaban J connectivity index is 2.02. The molecule has 2 unspecified atom stereocenters. The Morgan fingerprint density at radius 3 is 2.47 bits per heavy atom. The van der Waals surface area contributed by atoms with Crippen molar-refractivity contribution in [2.45, 2.75) is 31.7 Å². The Kier molecular flexibility index (Phi) is 4.09. The molecule has 1 aromatic carbocycles. The molecule has 0 radical (unpaired) electrons. The monoisotopic (exact) mass is 300 g/mol. The summed E-state index contributed by atoms with van der Waals surface area (Å²) in [7, 11) is 0. The normalized spacial score (nSPS) is 22.2. The Hall–Kier alpha value is -0.770. The lowest BCUT2D eigenvalue weighted by Crippen LogP contribution is -2.49. The second kappa shape index (κ2) is 5.31. The Morgan fingerprint density at radius 1 is 1.37 bits per heavy atom. The lowest BCUT2D eigenvalue weighted by molar-refractivity contribution is -0.123. The number of carbonyl (C=O) groups is 1. The second-order valence-electron chi connectivity index (χ2n) is 5.73. The fourth-order valence-corrected chi connectivity index (χ4v) is 2.66. The number of halogens is 2. The van der Waals surface area contributed by atoms with E-state index in [0.29, 0.717) is 16.6 Å². The van der Waals surface area contributed by atoms with Crippen LogP contribution < -0.4 is 11.1 Å². The van der Waals surface area contributed by atoms with Crippen LogP contribution in [-0.4, -0.2) is 18.0 Å². The van der Waals surface area contributed by atoms with Crippen molar-refractivity contribution in [1.82, 2.24) is 5.32 Å². The predicted octanol–water partition coefficient (Wildman–Crippen LogP) is 2.95. The van der Waals surface area contributed by atoms with Gasteiger partial charge in [0.25, 0.3) is 0 Å². The van der Waals surface area contributed by atoms with E-state index in [4.69, 9.17) is 28.9 Å². The first-order valence-corrected chi connectivity index (χ1v) is 7.06. The molecule has 1 fully saturated rings. The molecule has 0 heterocycles. The van der Waals surface area contributed by atoms with Gasteiger partial charge in [0.05, 0.1) is 0 Å². The van der Waals surface area contributed by atoms with Gasteiger partial charge in [-0.3, -0.25) is 4.79 Å². The summed E-state index contributed by atoms with van der Waals surface area (Å²) in [5, 5.41) is 4.18. The van der Waals surface area contributed by atoms with Gasteiger partial charge < -0.3 is 11.1 Å². The summed E-state index contributed by atoms with van der Waals surface area (Å²) < 4.78 is 0. The maximum Gasteiger partial charge on any atom is 0.224 e. The molecule has 1 aromatic rings. The highest BCUT2D eigenvalue weighted by atomic mass is 35.5. The van der Waals surface area contributed by atoms with E-state index in [0.717, 1.165) is 12.0 Å². The van der Waals surface area contributed by atoms with Crippen LogP contribution in [0, 0.1) is 5.92 Å². The highest BCUT2D eigenvalue weighted by molar-refractivity contribution is 6.34. The molecule has 0 spiro atoms. The Morgan fingerprint density at radius 2 is 1.95 bits per heavy atom. The SMILES string of the molecule is CC(C)(CN)NC(=O)C1CC1c1cc(Cl)cc(Cl)c1. The molecule has 1 saturated carbocycles. The van der Waals surface area contributed by atoms with Crippen molar-refractivity contribution in [3.8, 4) is 0 Å². The quantitative estimate of drug-likeness (QED) is 0.898. The minimum Gasteiger partial charge on any atom is -0.350 e. The van der Waals surface area contributed by atoms with Crippen molar-refractivity contribution >= 4 is 29.1 Å². The van der Waals surface area contributed by atoms with Gasteiger partial charge in [-0.1, -0.05) is 23.2 Å². The second-order valence-corrected chi connectivity index (χ2v) is 6.60. The van der Waals surface area contributed by atoms with E-state index in [1.165, 1.54) is 0 Å². The molecule has 104 valence electrons. The van der Waals surface area contributed by atoms with Gasteiger partial charge in [-0.2, -0.15) is 0 Å². The van der Waals surface area contributed by atoms with Crippen molar-refractivity contribution in [1.29, 1.82) is 0 Å². The summed E-state index contributed by atoms with van der Waals surface area (Å²) in [6, 6.07) is 5.44. The maximum atomic E-state index is 12.1. The van der Waals surface area contributed by atoms with Crippen molar-refractivity contribution in [2.75, 3.05) is 6.54 Å². The van der Waals surface area contributed by atoms with Gasteiger partial charge in [0, 0.05) is 28.0 Å². The zero-order valence-corrected chi connectivity index (χ0v) is 12.6. The van der Waals surface area contributed by atoms with E-state index < -0.39 is 0 Å². The molecule has 3 nitrogen and oxygen atoms in total. The zero-order chi connectivity index (χ0) is 14.2. The predicted molar refractivity (Wildman–Crippen MR) is 78.6 cm³/mol. The number of hydrogen-bond acceptors (Lipinski definition) is 2. The third-order valence-corrected chi connectivity index (χ3v) is 3.85. The van der Waals surface area contributed by atoms with Crippen LogP contribution in [0.5, 0.6) is 0 Å². The lowest BCUT2D eigenvalue weighted by Gasteiger charge is -2.24. The van der Waals surface area contributed by atoms with Crippen molar-refractivity contribution in [3.63, 3.8) is 0 Å². The Bertz CT molecular complexity index is 482. The summed E-state index contributed by atoms with van der Waals surface area (Å²) in [6.07, 6.45) is 0.836. The van der Waals surface area contributed by atoms with Crippen molar-refractivity contribution in [2.24, 2.45) is 11.7 Å². The molecule has 5 heteroatoms. The maximum absolute atomic E-state index is 12.1. The van der Waals surface area contributed by atoms with Crippen molar-refractivity contribution in [3.05, 3.63) is 33.8 Å². The molecular formula is C14H18Cl2N2O. The molecule has 0 aliphatic heterocycles. The summed E-state index contributed by atoms with van der Waals surface area (Å²) in [6.45, 7) is 4.25. The van der Waals surface area contributed by atoms with E-state index in [2.05, 4.69) is 5.32 Å². The highest BCUT2D eigenvalue weighted by Crippen LogP contribution is 2.48. The molecule has 19 heavy (non-hydrogen) atoms. The largest absolute Gasteiger partial charge is 0.350 e. The molecule has 1 aliphatic carbocycles. The third-order valence-electron chi connectivity index (χ3n) is 3.41. The molecule has 1 amide bonds. The van der Waals surface area contributed by atoms with Gasteiger partial charge in [-0.25, -0.2) is 0 Å². The first-order chi connectivity index (χ1) is 8.82. The molecule has 2 rings (SSSR count). The fraction of sp³-hybridized carbons (Fsp3) is 0.500. The molecule has 0 aromatic heterocycles. The van der Waals surface area contributed by atoms with Crippen LogP contribution in [-0.2, 0) is 4.79 Å². The summed E-state index contributed by atoms with van der Waals surface area (Å²) in [5.74, 6) is 0.265. The number of carbonyl (C=O) groups excluding carboxylic acids is 1. The van der Waals surface area contributed by atoms with Crippen LogP contribution in [0.4, 0.5) is 0 Å². The van der Waals surface area contributed by atoms with E-state index in [-0.39, 0.29) is 23.3 Å². The van der Waals surface area contributed by atoms with Gasteiger partial charge in [0.15, 0.2) is 0 Å². The van der Waals surface area contributed by atoms with Crippen LogP contribution in [0.2, 0.25) is 10.0 Å². The molecular weight excluding hydrogens is 283 g/mol. The molecule has 2 atom stereocenters. The molecule has 0 saturated heterocycles. The zero-order valence-electron chi connectivity index (χ0n) is 11.0. The smallest absolute Gasteiger partial charge is 0.224 e. The van der Waals surface area contributed by atoms with E-state index in [1.807, 2.05) is 26.0 Å². The van der Waals surface area contributed by atoms with Crippen molar-refractivity contribution < 1.29 is 4.79 Å².